The maximum Gasteiger partial charge on any atom is 0.268 e. The molecule has 0 aliphatic rings. The summed E-state index contributed by atoms with van der Waals surface area (Å²) in [6.07, 6.45) is 3.97. The van der Waals surface area contributed by atoms with Crippen molar-refractivity contribution < 1.29 is 0 Å². The molecule has 2 heterocycles. The van der Waals surface area contributed by atoms with Crippen LogP contribution in [-0.4, -0.2) is 26.8 Å². The van der Waals surface area contributed by atoms with Crippen LogP contribution in [0.4, 0.5) is 5.82 Å². The largest absolute Gasteiger partial charge is 0.375 e. The smallest absolute Gasteiger partial charge is 0.268 e. The lowest BCUT2D eigenvalue weighted by Crippen LogP contribution is -2.27. The zero-order chi connectivity index (χ0) is 17.0. The first kappa shape index (κ1) is 16.9. The van der Waals surface area contributed by atoms with Crippen LogP contribution in [-0.2, 0) is 0 Å². The number of hydrogen-bond acceptors (Lipinski definition) is 5. The van der Waals surface area contributed by atoms with Gasteiger partial charge in [0.05, 0.1) is 6.21 Å². The standard InChI is InChI=1S/C15H20N6OS/c1-4-10(3)18-12-11(8-17-20-15(16)23)14(22)21-7-5-6-9(2)13(21)19-12/h5-8,10,18H,4H2,1-3H3,(H3,16,20,23)/b17-8-/t10-/m0/s1. The SMILES string of the molecule is CC[C@H](C)Nc1nc2c(C)cccn2c(=O)c1/C=N\NC(N)=S. The molecular weight excluding hydrogens is 312 g/mol. The molecule has 8 heteroatoms. The van der Waals surface area contributed by atoms with Crippen LogP contribution >= 0.6 is 12.2 Å². The van der Waals surface area contributed by atoms with E-state index in [-0.39, 0.29) is 16.7 Å². The quantitative estimate of drug-likeness (QED) is 0.435. The van der Waals surface area contributed by atoms with E-state index in [4.69, 9.17) is 18.0 Å². The molecule has 0 radical (unpaired) electrons. The first-order chi connectivity index (χ1) is 10.9. The molecule has 23 heavy (non-hydrogen) atoms. The molecule has 0 aromatic carbocycles. The fraction of sp³-hybridized carbons (Fsp3) is 0.333. The van der Waals surface area contributed by atoms with E-state index >= 15 is 0 Å². The predicted molar refractivity (Wildman–Crippen MR) is 97.1 cm³/mol. The lowest BCUT2D eigenvalue weighted by molar-refractivity contribution is 0.758. The Morgan fingerprint density at radius 2 is 2.35 bits per heavy atom. The average Bonchev–Trinajstić information content (AvgIpc) is 2.51. The topological polar surface area (TPSA) is 96.8 Å². The van der Waals surface area contributed by atoms with E-state index in [2.05, 4.69) is 27.8 Å². The van der Waals surface area contributed by atoms with Crippen molar-refractivity contribution in [2.24, 2.45) is 10.8 Å². The average molecular weight is 332 g/mol. The Kier molecular flexibility index (Phi) is 5.28. The van der Waals surface area contributed by atoms with Crippen LogP contribution in [0.2, 0.25) is 0 Å². The van der Waals surface area contributed by atoms with Gasteiger partial charge in [0.2, 0.25) is 0 Å². The molecule has 122 valence electrons. The van der Waals surface area contributed by atoms with Crippen molar-refractivity contribution in [3.8, 4) is 0 Å². The number of hydrazone groups is 1. The maximum atomic E-state index is 12.7. The summed E-state index contributed by atoms with van der Waals surface area (Å²) in [4.78, 5) is 17.3. The van der Waals surface area contributed by atoms with Gasteiger partial charge in [0.1, 0.15) is 17.0 Å². The molecular formula is C15H20N6OS. The number of fused-ring (bicyclic) bond motifs is 1. The molecule has 0 saturated carbocycles. The number of nitrogens with one attached hydrogen (secondary N) is 2. The van der Waals surface area contributed by atoms with Crippen LogP contribution in [0.3, 0.4) is 0 Å². The highest BCUT2D eigenvalue weighted by molar-refractivity contribution is 7.80. The number of nitrogens with two attached hydrogens (primary N) is 1. The molecule has 2 rings (SSSR count). The molecule has 0 unspecified atom stereocenters. The lowest BCUT2D eigenvalue weighted by atomic mass is 10.2. The van der Waals surface area contributed by atoms with Gasteiger partial charge in [-0.2, -0.15) is 5.10 Å². The summed E-state index contributed by atoms with van der Waals surface area (Å²) in [6, 6.07) is 3.89. The van der Waals surface area contributed by atoms with Crippen LogP contribution in [0.1, 0.15) is 31.4 Å². The number of aryl methyl sites for hydroxylation is 1. The summed E-state index contributed by atoms with van der Waals surface area (Å²) >= 11 is 4.70. The Hall–Kier alpha value is -2.48. The molecule has 0 aliphatic heterocycles. The zero-order valence-corrected chi connectivity index (χ0v) is 14.1. The third-order valence-corrected chi connectivity index (χ3v) is 3.54. The number of nitrogens with zero attached hydrogens (tertiary/aromatic N) is 3. The van der Waals surface area contributed by atoms with Crippen molar-refractivity contribution in [2.75, 3.05) is 5.32 Å². The molecule has 0 spiro atoms. The van der Waals surface area contributed by atoms with E-state index in [0.717, 1.165) is 12.0 Å². The number of anilines is 1. The van der Waals surface area contributed by atoms with Gasteiger partial charge in [0.25, 0.3) is 5.56 Å². The first-order valence-electron chi connectivity index (χ1n) is 7.31. The Morgan fingerprint density at radius 1 is 1.61 bits per heavy atom. The number of aromatic nitrogens is 2. The van der Waals surface area contributed by atoms with Gasteiger partial charge in [-0.1, -0.05) is 13.0 Å². The minimum Gasteiger partial charge on any atom is -0.375 e. The van der Waals surface area contributed by atoms with Crippen LogP contribution in [0.25, 0.3) is 5.65 Å². The number of hydrogen-bond donors (Lipinski definition) is 3. The Balaban J connectivity index is 2.62. The fourth-order valence-electron chi connectivity index (χ4n) is 2.03. The third-order valence-electron chi connectivity index (χ3n) is 3.45. The highest BCUT2D eigenvalue weighted by atomic mass is 32.1. The summed E-state index contributed by atoms with van der Waals surface area (Å²) in [7, 11) is 0. The molecule has 0 bridgehead atoms. The Bertz CT molecular complexity index is 813. The second-order valence-electron chi connectivity index (χ2n) is 5.25. The van der Waals surface area contributed by atoms with Crippen LogP contribution in [0, 0.1) is 6.92 Å². The van der Waals surface area contributed by atoms with E-state index < -0.39 is 0 Å². The van der Waals surface area contributed by atoms with Crippen molar-refractivity contribution in [3.63, 3.8) is 0 Å². The predicted octanol–water partition coefficient (Wildman–Crippen LogP) is 1.38. The number of thiocarbonyl (C=S) groups is 1. The van der Waals surface area contributed by atoms with E-state index in [1.807, 2.05) is 19.9 Å². The number of pyridine rings is 1. The lowest BCUT2D eigenvalue weighted by Gasteiger charge is -2.15. The molecule has 2 aromatic heterocycles. The summed E-state index contributed by atoms with van der Waals surface area (Å²) in [5.41, 5.74) is 9.45. The van der Waals surface area contributed by atoms with Crippen LogP contribution in [0.15, 0.2) is 28.2 Å². The number of rotatable bonds is 5. The molecule has 0 fully saturated rings. The summed E-state index contributed by atoms with van der Waals surface area (Å²) in [6.45, 7) is 5.99. The van der Waals surface area contributed by atoms with Crippen LogP contribution < -0.4 is 22.0 Å². The van der Waals surface area contributed by atoms with Gasteiger partial charge in [-0.3, -0.25) is 14.6 Å². The van der Waals surface area contributed by atoms with E-state index in [0.29, 0.717) is 17.0 Å². The van der Waals surface area contributed by atoms with E-state index in [9.17, 15) is 4.79 Å². The molecule has 7 nitrogen and oxygen atoms in total. The first-order valence-corrected chi connectivity index (χ1v) is 7.72. The van der Waals surface area contributed by atoms with Crippen molar-refractivity contribution in [2.45, 2.75) is 33.2 Å². The fourth-order valence-corrected chi connectivity index (χ4v) is 2.09. The van der Waals surface area contributed by atoms with E-state index in [1.165, 1.54) is 10.6 Å². The van der Waals surface area contributed by atoms with Crippen molar-refractivity contribution in [1.82, 2.24) is 14.8 Å². The van der Waals surface area contributed by atoms with Gasteiger partial charge in [0.15, 0.2) is 5.11 Å². The minimum atomic E-state index is -0.210. The van der Waals surface area contributed by atoms with Gasteiger partial charge in [-0.05, 0) is 44.1 Å². The van der Waals surface area contributed by atoms with E-state index in [1.54, 1.807) is 12.3 Å². The molecule has 1 atom stereocenters. The highest BCUT2D eigenvalue weighted by Crippen LogP contribution is 2.13. The summed E-state index contributed by atoms with van der Waals surface area (Å²) in [5, 5.41) is 7.17. The van der Waals surface area contributed by atoms with Crippen molar-refractivity contribution >= 4 is 35.0 Å². The monoisotopic (exact) mass is 332 g/mol. The summed E-state index contributed by atoms with van der Waals surface area (Å²) in [5.74, 6) is 0.493. The van der Waals surface area contributed by atoms with Gasteiger partial charge in [-0.25, -0.2) is 4.98 Å². The van der Waals surface area contributed by atoms with Gasteiger partial charge < -0.3 is 11.1 Å². The zero-order valence-electron chi connectivity index (χ0n) is 13.3. The van der Waals surface area contributed by atoms with Crippen LogP contribution in [0.5, 0.6) is 0 Å². The molecule has 4 N–H and O–H groups in total. The third kappa shape index (κ3) is 3.84. The Morgan fingerprint density at radius 3 is 3.00 bits per heavy atom. The second-order valence-corrected chi connectivity index (χ2v) is 5.69. The molecule has 2 aromatic rings. The van der Waals surface area contributed by atoms with Gasteiger partial charge >= 0.3 is 0 Å². The highest BCUT2D eigenvalue weighted by Gasteiger charge is 2.13. The maximum absolute atomic E-state index is 12.7. The second kappa shape index (κ2) is 7.19. The Labute approximate surface area is 139 Å². The van der Waals surface area contributed by atoms with Gasteiger partial charge in [-0.15, -0.1) is 0 Å². The normalized spacial score (nSPS) is 12.5. The molecule has 0 aliphatic carbocycles. The van der Waals surface area contributed by atoms with Crippen molar-refractivity contribution in [3.05, 3.63) is 39.8 Å². The molecule has 0 amide bonds. The molecule has 0 saturated heterocycles. The minimum absolute atomic E-state index is 0.0300. The summed E-state index contributed by atoms with van der Waals surface area (Å²) < 4.78 is 1.50. The van der Waals surface area contributed by atoms with Gasteiger partial charge in [0, 0.05) is 12.2 Å². The van der Waals surface area contributed by atoms with Crippen molar-refractivity contribution in [1.29, 1.82) is 0 Å².